The lowest BCUT2D eigenvalue weighted by molar-refractivity contribution is -0.137. The van der Waals surface area contributed by atoms with Crippen LogP contribution in [0.1, 0.15) is 33.1 Å². The van der Waals surface area contributed by atoms with E-state index in [2.05, 4.69) is 6.92 Å². The molecule has 100 valence electrons. The summed E-state index contributed by atoms with van der Waals surface area (Å²) in [7, 11) is 0. The SMILES string of the molecule is CCCOc1ccc(OC(C)CCC(=O)O)cc1. The van der Waals surface area contributed by atoms with Crippen molar-refractivity contribution in [2.24, 2.45) is 0 Å². The van der Waals surface area contributed by atoms with E-state index in [1.807, 2.05) is 31.2 Å². The Bertz CT molecular complexity index is 359. The Morgan fingerprint density at radius 3 is 2.44 bits per heavy atom. The van der Waals surface area contributed by atoms with E-state index in [1.54, 1.807) is 0 Å². The minimum absolute atomic E-state index is 0.108. The van der Waals surface area contributed by atoms with Gasteiger partial charge in [0.05, 0.1) is 12.7 Å². The van der Waals surface area contributed by atoms with Crippen LogP contribution in [-0.4, -0.2) is 23.8 Å². The van der Waals surface area contributed by atoms with Crippen LogP contribution in [0, 0.1) is 0 Å². The molecule has 1 aromatic carbocycles. The summed E-state index contributed by atoms with van der Waals surface area (Å²) in [6.07, 6.45) is 1.50. The van der Waals surface area contributed by atoms with Gasteiger partial charge in [-0.05, 0) is 44.0 Å². The third-order valence-corrected chi connectivity index (χ3v) is 2.40. The van der Waals surface area contributed by atoms with Gasteiger partial charge < -0.3 is 14.6 Å². The van der Waals surface area contributed by atoms with Crippen LogP contribution in [0.2, 0.25) is 0 Å². The van der Waals surface area contributed by atoms with Crippen LogP contribution in [0.25, 0.3) is 0 Å². The molecular weight excluding hydrogens is 232 g/mol. The van der Waals surface area contributed by atoms with Gasteiger partial charge in [0.2, 0.25) is 0 Å². The van der Waals surface area contributed by atoms with Crippen molar-refractivity contribution >= 4 is 5.97 Å². The van der Waals surface area contributed by atoms with Crippen LogP contribution >= 0.6 is 0 Å². The number of carboxylic acids is 1. The third-order valence-electron chi connectivity index (χ3n) is 2.40. The highest BCUT2D eigenvalue weighted by Crippen LogP contribution is 2.19. The molecule has 0 aliphatic heterocycles. The van der Waals surface area contributed by atoms with Crippen molar-refractivity contribution in [1.29, 1.82) is 0 Å². The highest BCUT2D eigenvalue weighted by Gasteiger charge is 2.07. The number of aliphatic carboxylic acids is 1. The quantitative estimate of drug-likeness (QED) is 0.772. The number of ether oxygens (including phenoxy) is 2. The van der Waals surface area contributed by atoms with Crippen molar-refractivity contribution in [3.05, 3.63) is 24.3 Å². The van der Waals surface area contributed by atoms with Crippen LogP contribution in [0.5, 0.6) is 11.5 Å². The van der Waals surface area contributed by atoms with Gasteiger partial charge in [-0.1, -0.05) is 6.92 Å². The molecule has 0 aliphatic rings. The van der Waals surface area contributed by atoms with Gasteiger partial charge in [-0.15, -0.1) is 0 Å². The molecule has 18 heavy (non-hydrogen) atoms. The van der Waals surface area contributed by atoms with E-state index in [9.17, 15) is 4.79 Å². The van der Waals surface area contributed by atoms with E-state index in [1.165, 1.54) is 0 Å². The number of hydrogen-bond donors (Lipinski definition) is 1. The van der Waals surface area contributed by atoms with Gasteiger partial charge in [-0.3, -0.25) is 4.79 Å². The minimum atomic E-state index is -0.797. The normalized spacial score (nSPS) is 11.9. The highest BCUT2D eigenvalue weighted by atomic mass is 16.5. The van der Waals surface area contributed by atoms with Gasteiger partial charge in [-0.2, -0.15) is 0 Å². The molecule has 4 heteroatoms. The predicted octanol–water partition coefficient (Wildman–Crippen LogP) is 3.11. The molecule has 1 rings (SSSR count). The van der Waals surface area contributed by atoms with Gasteiger partial charge in [0, 0.05) is 6.42 Å². The van der Waals surface area contributed by atoms with Crippen LogP contribution in [-0.2, 0) is 4.79 Å². The summed E-state index contributed by atoms with van der Waals surface area (Å²) >= 11 is 0. The lowest BCUT2D eigenvalue weighted by atomic mass is 10.2. The first-order chi connectivity index (χ1) is 8.61. The molecule has 1 aromatic rings. The molecule has 4 nitrogen and oxygen atoms in total. The van der Waals surface area contributed by atoms with E-state index in [0.717, 1.165) is 17.9 Å². The van der Waals surface area contributed by atoms with E-state index < -0.39 is 5.97 Å². The largest absolute Gasteiger partial charge is 0.494 e. The third kappa shape index (κ3) is 5.57. The van der Waals surface area contributed by atoms with Crippen molar-refractivity contribution in [1.82, 2.24) is 0 Å². The van der Waals surface area contributed by atoms with Crippen LogP contribution < -0.4 is 9.47 Å². The highest BCUT2D eigenvalue weighted by molar-refractivity contribution is 5.66. The smallest absolute Gasteiger partial charge is 0.303 e. The second-order valence-electron chi connectivity index (χ2n) is 4.18. The fourth-order valence-electron chi connectivity index (χ4n) is 1.45. The van der Waals surface area contributed by atoms with E-state index in [4.69, 9.17) is 14.6 Å². The lowest BCUT2D eigenvalue weighted by Crippen LogP contribution is -2.13. The van der Waals surface area contributed by atoms with Crippen LogP contribution in [0.15, 0.2) is 24.3 Å². The standard InChI is InChI=1S/C14H20O4/c1-3-10-17-12-5-7-13(8-6-12)18-11(2)4-9-14(15)16/h5-8,11H,3-4,9-10H2,1-2H3,(H,15,16). The number of hydrogen-bond acceptors (Lipinski definition) is 3. The van der Waals surface area contributed by atoms with Crippen LogP contribution in [0.4, 0.5) is 0 Å². The average Bonchev–Trinajstić information content (AvgIpc) is 2.35. The first kappa shape index (κ1) is 14.4. The van der Waals surface area contributed by atoms with Crippen molar-refractivity contribution in [3.8, 4) is 11.5 Å². The van der Waals surface area contributed by atoms with Crippen molar-refractivity contribution < 1.29 is 19.4 Å². The Kier molecular flexibility index (Phi) is 6.05. The van der Waals surface area contributed by atoms with Gasteiger partial charge in [0.25, 0.3) is 0 Å². The lowest BCUT2D eigenvalue weighted by Gasteiger charge is -2.14. The monoisotopic (exact) mass is 252 g/mol. The molecule has 0 aromatic heterocycles. The minimum Gasteiger partial charge on any atom is -0.494 e. The summed E-state index contributed by atoms with van der Waals surface area (Å²) in [4.78, 5) is 10.4. The predicted molar refractivity (Wildman–Crippen MR) is 69.2 cm³/mol. The first-order valence-corrected chi connectivity index (χ1v) is 6.23. The molecule has 0 aliphatic carbocycles. The summed E-state index contributed by atoms with van der Waals surface area (Å²) in [5, 5.41) is 8.58. The Morgan fingerprint density at radius 2 is 1.89 bits per heavy atom. The Labute approximate surface area is 108 Å². The van der Waals surface area contributed by atoms with Crippen molar-refractivity contribution in [2.75, 3.05) is 6.61 Å². The van der Waals surface area contributed by atoms with Crippen LogP contribution in [0.3, 0.4) is 0 Å². The van der Waals surface area contributed by atoms with Gasteiger partial charge in [0.15, 0.2) is 0 Å². The molecule has 1 unspecified atom stereocenters. The molecule has 0 saturated heterocycles. The Morgan fingerprint density at radius 1 is 1.28 bits per heavy atom. The number of benzene rings is 1. The zero-order chi connectivity index (χ0) is 13.4. The molecule has 0 spiro atoms. The molecule has 0 heterocycles. The number of carboxylic acid groups (broad SMARTS) is 1. The number of carbonyl (C=O) groups is 1. The Hall–Kier alpha value is -1.71. The zero-order valence-corrected chi connectivity index (χ0v) is 10.9. The molecule has 0 saturated carbocycles. The van der Waals surface area contributed by atoms with Gasteiger partial charge in [-0.25, -0.2) is 0 Å². The summed E-state index contributed by atoms with van der Waals surface area (Å²) in [6.45, 7) is 4.63. The molecule has 1 N–H and O–H groups in total. The maximum atomic E-state index is 10.4. The Balaban J connectivity index is 2.40. The maximum absolute atomic E-state index is 10.4. The molecule has 0 radical (unpaired) electrons. The summed E-state index contributed by atoms with van der Waals surface area (Å²) < 4.78 is 11.1. The second-order valence-corrected chi connectivity index (χ2v) is 4.18. The number of rotatable bonds is 8. The molecule has 0 bridgehead atoms. The zero-order valence-electron chi connectivity index (χ0n) is 10.9. The van der Waals surface area contributed by atoms with Crippen molar-refractivity contribution in [2.45, 2.75) is 39.2 Å². The van der Waals surface area contributed by atoms with Gasteiger partial charge >= 0.3 is 5.97 Å². The van der Waals surface area contributed by atoms with Gasteiger partial charge in [0.1, 0.15) is 11.5 Å². The fourth-order valence-corrected chi connectivity index (χ4v) is 1.45. The summed E-state index contributed by atoms with van der Waals surface area (Å²) in [5.74, 6) is 0.757. The molecule has 0 fully saturated rings. The first-order valence-electron chi connectivity index (χ1n) is 6.23. The second kappa shape index (κ2) is 7.58. The maximum Gasteiger partial charge on any atom is 0.303 e. The van der Waals surface area contributed by atoms with E-state index >= 15 is 0 Å². The van der Waals surface area contributed by atoms with Crippen molar-refractivity contribution in [3.63, 3.8) is 0 Å². The summed E-state index contributed by atoms with van der Waals surface area (Å²) in [6, 6.07) is 7.38. The molecule has 0 amide bonds. The summed E-state index contributed by atoms with van der Waals surface area (Å²) in [5.41, 5.74) is 0. The average molecular weight is 252 g/mol. The molecular formula is C14H20O4. The fraction of sp³-hybridized carbons (Fsp3) is 0.500. The van der Waals surface area contributed by atoms with E-state index in [-0.39, 0.29) is 12.5 Å². The molecule has 1 atom stereocenters. The van der Waals surface area contributed by atoms with E-state index in [0.29, 0.717) is 13.0 Å². The topological polar surface area (TPSA) is 55.8 Å².